The highest BCUT2D eigenvalue weighted by atomic mass is 15.2. The van der Waals surface area contributed by atoms with Crippen LogP contribution in [0.5, 0.6) is 0 Å². The van der Waals surface area contributed by atoms with E-state index in [1.807, 2.05) is 7.05 Å². The average Bonchev–Trinajstić information content (AvgIpc) is 2.40. The van der Waals surface area contributed by atoms with Gasteiger partial charge in [0.25, 0.3) is 0 Å². The molecule has 0 radical (unpaired) electrons. The number of piperidine rings is 1. The monoisotopic (exact) mass is 261 g/mol. The van der Waals surface area contributed by atoms with Crippen LogP contribution in [0.4, 0.5) is 5.82 Å². The predicted molar refractivity (Wildman–Crippen MR) is 81.7 cm³/mol. The van der Waals surface area contributed by atoms with Crippen LogP contribution in [0.3, 0.4) is 0 Å². The first kappa shape index (κ1) is 14.3. The fraction of sp³-hybridized carbons (Fsp3) is 0.688. The van der Waals surface area contributed by atoms with E-state index in [1.165, 1.54) is 36.3 Å². The minimum Gasteiger partial charge on any atom is -0.354 e. The Balaban J connectivity index is 2.26. The van der Waals surface area contributed by atoms with E-state index < -0.39 is 0 Å². The third-order valence-electron chi connectivity index (χ3n) is 3.91. The third kappa shape index (κ3) is 3.69. The van der Waals surface area contributed by atoms with Crippen molar-refractivity contribution in [3.05, 3.63) is 23.4 Å². The summed E-state index contributed by atoms with van der Waals surface area (Å²) in [6.45, 7) is 6.62. The molecule has 1 N–H and O–H groups in total. The van der Waals surface area contributed by atoms with Gasteiger partial charge in [0, 0.05) is 24.8 Å². The van der Waals surface area contributed by atoms with Crippen LogP contribution in [0, 0.1) is 0 Å². The maximum absolute atomic E-state index is 4.88. The number of hydrogen-bond donors (Lipinski definition) is 1. The van der Waals surface area contributed by atoms with Crippen molar-refractivity contribution in [3.8, 4) is 0 Å². The lowest BCUT2D eigenvalue weighted by Gasteiger charge is -2.35. The molecule has 1 atom stereocenters. The van der Waals surface area contributed by atoms with Gasteiger partial charge >= 0.3 is 0 Å². The zero-order valence-electron chi connectivity index (χ0n) is 12.6. The molecule has 1 aromatic rings. The van der Waals surface area contributed by atoms with Gasteiger partial charge in [0.2, 0.25) is 0 Å². The van der Waals surface area contributed by atoms with Crippen LogP contribution in [-0.2, 0) is 13.0 Å². The Morgan fingerprint density at radius 3 is 2.89 bits per heavy atom. The minimum atomic E-state index is 0.626. The standard InChI is InChI=1S/C16H27N3/c1-4-7-15-10-14(12-17-3)11-16(18-15)19-9-6-5-8-13(19)2/h10-11,13,17H,4-9,12H2,1-3H3. The molecule has 1 aliphatic heterocycles. The van der Waals surface area contributed by atoms with E-state index in [9.17, 15) is 0 Å². The van der Waals surface area contributed by atoms with Crippen LogP contribution < -0.4 is 10.2 Å². The smallest absolute Gasteiger partial charge is 0.129 e. The SMILES string of the molecule is CCCc1cc(CNC)cc(N2CCCCC2C)n1. The van der Waals surface area contributed by atoms with Gasteiger partial charge in [0.1, 0.15) is 5.82 Å². The van der Waals surface area contributed by atoms with Gasteiger partial charge in [-0.1, -0.05) is 13.3 Å². The zero-order chi connectivity index (χ0) is 13.7. The second kappa shape index (κ2) is 6.90. The Bertz CT molecular complexity index is 379. The van der Waals surface area contributed by atoms with Crippen LogP contribution in [0.15, 0.2) is 12.1 Å². The summed E-state index contributed by atoms with van der Waals surface area (Å²) in [6.07, 6.45) is 6.18. The summed E-state index contributed by atoms with van der Waals surface area (Å²) >= 11 is 0. The molecule has 106 valence electrons. The van der Waals surface area contributed by atoms with E-state index in [2.05, 4.69) is 36.2 Å². The molecule has 3 heteroatoms. The molecule has 1 aromatic heterocycles. The van der Waals surface area contributed by atoms with Gasteiger partial charge in [0.05, 0.1) is 0 Å². The van der Waals surface area contributed by atoms with Crippen LogP contribution >= 0.6 is 0 Å². The second-order valence-electron chi connectivity index (χ2n) is 5.64. The second-order valence-corrected chi connectivity index (χ2v) is 5.64. The Morgan fingerprint density at radius 1 is 1.37 bits per heavy atom. The van der Waals surface area contributed by atoms with E-state index in [0.717, 1.165) is 25.9 Å². The van der Waals surface area contributed by atoms with Crippen molar-refractivity contribution in [2.45, 2.75) is 58.5 Å². The minimum absolute atomic E-state index is 0.626. The maximum atomic E-state index is 4.88. The average molecular weight is 261 g/mol. The van der Waals surface area contributed by atoms with Gasteiger partial charge in [-0.2, -0.15) is 0 Å². The molecule has 3 nitrogen and oxygen atoms in total. The zero-order valence-corrected chi connectivity index (χ0v) is 12.6. The van der Waals surface area contributed by atoms with E-state index in [-0.39, 0.29) is 0 Å². The molecule has 0 aromatic carbocycles. The van der Waals surface area contributed by atoms with Crippen LogP contribution in [-0.4, -0.2) is 24.6 Å². The topological polar surface area (TPSA) is 28.2 Å². The molecular weight excluding hydrogens is 234 g/mol. The van der Waals surface area contributed by atoms with Gasteiger partial charge in [-0.05, 0) is 57.4 Å². The largest absolute Gasteiger partial charge is 0.354 e. The molecule has 1 fully saturated rings. The molecule has 0 bridgehead atoms. The van der Waals surface area contributed by atoms with Crippen molar-refractivity contribution in [2.75, 3.05) is 18.5 Å². The Labute approximate surface area is 117 Å². The van der Waals surface area contributed by atoms with E-state index in [1.54, 1.807) is 0 Å². The van der Waals surface area contributed by atoms with E-state index in [0.29, 0.717) is 6.04 Å². The van der Waals surface area contributed by atoms with Crippen molar-refractivity contribution < 1.29 is 0 Å². The predicted octanol–water partition coefficient (Wildman–Crippen LogP) is 3.13. The quantitative estimate of drug-likeness (QED) is 0.882. The van der Waals surface area contributed by atoms with Gasteiger partial charge in [-0.25, -0.2) is 4.98 Å². The number of pyridine rings is 1. The maximum Gasteiger partial charge on any atom is 0.129 e. The van der Waals surface area contributed by atoms with Crippen molar-refractivity contribution in [1.29, 1.82) is 0 Å². The van der Waals surface area contributed by atoms with Crippen molar-refractivity contribution >= 4 is 5.82 Å². The fourth-order valence-corrected chi connectivity index (χ4v) is 2.91. The number of nitrogens with zero attached hydrogens (tertiary/aromatic N) is 2. The molecule has 0 saturated carbocycles. The van der Waals surface area contributed by atoms with Crippen LogP contribution in [0.1, 0.15) is 50.8 Å². The molecule has 1 unspecified atom stereocenters. The number of aryl methyl sites for hydroxylation is 1. The number of nitrogens with one attached hydrogen (secondary N) is 1. The summed E-state index contributed by atoms with van der Waals surface area (Å²) in [5, 5.41) is 3.25. The van der Waals surface area contributed by atoms with Gasteiger partial charge in [0.15, 0.2) is 0 Å². The normalized spacial score (nSPS) is 19.7. The Morgan fingerprint density at radius 2 is 2.21 bits per heavy atom. The molecule has 0 aliphatic carbocycles. The molecule has 0 amide bonds. The van der Waals surface area contributed by atoms with Crippen molar-refractivity contribution in [3.63, 3.8) is 0 Å². The molecular formula is C16H27N3. The fourth-order valence-electron chi connectivity index (χ4n) is 2.91. The highest BCUT2D eigenvalue weighted by Gasteiger charge is 2.20. The number of anilines is 1. The summed E-state index contributed by atoms with van der Waals surface area (Å²) in [7, 11) is 2.00. The first-order chi connectivity index (χ1) is 9.24. The Hall–Kier alpha value is -1.09. The third-order valence-corrected chi connectivity index (χ3v) is 3.91. The van der Waals surface area contributed by atoms with Crippen LogP contribution in [0.2, 0.25) is 0 Å². The first-order valence-electron chi connectivity index (χ1n) is 7.65. The summed E-state index contributed by atoms with van der Waals surface area (Å²) < 4.78 is 0. The lowest BCUT2D eigenvalue weighted by Crippen LogP contribution is -2.38. The van der Waals surface area contributed by atoms with Crippen molar-refractivity contribution in [1.82, 2.24) is 10.3 Å². The first-order valence-corrected chi connectivity index (χ1v) is 7.65. The van der Waals surface area contributed by atoms with E-state index in [4.69, 9.17) is 4.98 Å². The summed E-state index contributed by atoms with van der Waals surface area (Å²) in [5.41, 5.74) is 2.59. The summed E-state index contributed by atoms with van der Waals surface area (Å²) in [6, 6.07) is 5.14. The highest BCUT2D eigenvalue weighted by molar-refractivity contribution is 5.44. The Kier molecular flexibility index (Phi) is 5.20. The molecule has 2 rings (SSSR count). The molecule has 19 heavy (non-hydrogen) atoms. The molecule has 1 saturated heterocycles. The lowest BCUT2D eigenvalue weighted by molar-refractivity contribution is 0.480. The van der Waals surface area contributed by atoms with Gasteiger partial charge < -0.3 is 10.2 Å². The lowest BCUT2D eigenvalue weighted by atomic mass is 10.0. The molecule has 0 spiro atoms. The van der Waals surface area contributed by atoms with Crippen LogP contribution in [0.25, 0.3) is 0 Å². The van der Waals surface area contributed by atoms with Gasteiger partial charge in [-0.15, -0.1) is 0 Å². The summed E-state index contributed by atoms with van der Waals surface area (Å²) in [4.78, 5) is 7.37. The highest BCUT2D eigenvalue weighted by Crippen LogP contribution is 2.24. The number of hydrogen-bond acceptors (Lipinski definition) is 3. The molecule has 2 heterocycles. The van der Waals surface area contributed by atoms with Gasteiger partial charge in [-0.3, -0.25) is 0 Å². The number of rotatable bonds is 5. The summed E-state index contributed by atoms with van der Waals surface area (Å²) in [5.74, 6) is 1.18. The molecule has 1 aliphatic rings. The van der Waals surface area contributed by atoms with Crippen molar-refractivity contribution in [2.24, 2.45) is 0 Å². The van der Waals surface area contributed by atoms with E-state index >= 15 is 0 Å². The number of aromatic nitrogens is 1.